The highest BCUT2D eigenvalue weighted by atomic mass is 19.1. The standard InChI is InChI=1S/C28H31FN2O4/c29-22-7-13-28(26(18-22)27(34)12-6-21-4-2-1-3-5-21)35-20-25(33)19-30-14-16-31(17-15-30)23-8-10-24(32)11-9-23/h1-5,7-11,13,18,25,32-33H,6,12,14-17,19-20H2. The molecule has 1 fully saturated rings. The Kier molecular flexibility index (Phi) is 8.34. The van der Waals surface area contributed by atoms with E-state index < -0.39 is 11.9 Å². The Morgan fingerprint density at radius 1 is 0.971 bits per heavy atom. The Balaban J connectivity index is 1.26. The van der Waals surface area contributed by atoms with E-state index in [0.717, 1.165) is 37.4 Å². The maximum Gasteiger partial charge on any atom is 0.167 e. The third kappa shape index (κ3) is 7.04. The van der Waals surface area contributed by atoms with Gasteiger partial charge in [0.15, 0.2) is 5.78 Å². The zero-order chi connectivity index (χ0) is 24.6. The van der Waals surface area contributed by atoms with Crippen molar-refractivity contribution < 1.29 is 24.1 Å². The number of aliphatic hydroxyl groups excluding tert-OH is 1. The molecule has 0 bridgehead atoms. The average molecular weight is 479 g/mol. The first-order chi connectivity index (χ1) is 17.0. The molecule has 7 heteroatoms. The minimum atomic E-state index is -0.743. The van der Waals surface area contributed by atoms with E-state index in [4.69, 9.17) is 4.74 Å². The van der Waals surface area contributed by atoms with Crippen LogP contribution in [0.5, 0.6) is 11.5 Å². The van der Waals surface area contributed by atoms with Crippen molar-refractivity contribution in [2.75, 3.05) is 44.2 Å². The quantitative estimate of drug-likeness (QED) is 0.431. The molecule has 1 unspecified atom stereocenters. The van der Waals surface area contributed by atoms with Crippen molar-refractivity contribution in [2.45, 2.75) is 18.9 Å². The summed E-state index contributed by atoms with van der Waals surface area (Å²) < 4.78 is 19.6. The maximum atomic E-state index is 13.9. The monoisotopic (exact) mass is 478 g/mol. The number of rotatable bonds is 10. The number of ether oxygens (including phenoxy) is 1. The van der Waals surface area contributed by atoms with E-state index in [9.17, 15) is 19.4 Å². The summed E-state index contributed by atoms with van der Waals surface area (Å²) in [5, 5.41) is 20.0. The average Bonchev–Trinajstić information content (AvgIpc) is 2.88. The van der Waals surface area contributed by atoms with Gasteiger partial charge in [-0.05, 0) is 54.4 Å². The van der Waals surface area contributed by atoms with Crippen LogP contribution in [0.4, 0.5) is 10.1 Å². The summed E-state index contributed by atoms with van der Waals surface area (Å²) in [5.41, 5.74) is 2.31. The summed E-state index contributed by atoms with van der Waals surface area (Å²) in [6, 6.07) is 20.8. The zero-order valence-electron chi connectivity index (χ0n) is 19.6. The van der Waals surface area contributed by atoms with Gasteiger partial charge in [-0.1, -0.05) is 30.3 Å². The summed E-state index contributed by atoms with van der Waals surface area (Å²) in [4.78, 5) is 17.2. The summed E-state index contributed by atoms with van der Waals surface area (Å²) in [6.45, 7) is 3.67. The van der Waals surface area contributed by atoms with Crippen LogP contribution in [-0.4, -0.2) is 66.3 Å². The molecule has 3 aromatic rings. The molecule has 0 radical (unpaired) electrons. The van der Waals surface area contributed by atoms with Gasteiger partial charge in [0.05, 0.1) is 5.56 Å². The van der Waals surface area contributed by atoms with Gasteiger partial charge < -0.3 is 19.8 Å². The van der Waals surface area contributed by atoms with E-state index in [-0.39, 0.29) is 30.1 Å². The lowest BCUT2D eigenvalue weighted by atomic mass is 10.0. The summed E-state index contributed by atoms with van der Waals surface area (Å²) in [5.74, 6) is -0.144. The Morgan fingerprint density at radius 3 is 2.40 bits per heavy atom. The topological polar surface area (TPSA) is 73.2 Å². The Labute approximate surface area is 205 Å². The predicted octanol–water partition coefficient (Wildman–Crippen LogP) is 3.91. The number of Topliss-reactive ketones (excluding diaryl/α,β-unsaturated/α-hetero) is 1. The minimum absolute atomic E-state index is 0.0166. The van der Waals surface area contributed by atoms with Gasteiger partial charge >= 0.3 is 0 Å². The molecular formula is C28H31FN2O4. The van der Waals surface area contributed by atoms with Crippen LogP contribution in [0.3, 0.4) is 0 Å². The second-order valence-electron chi connectivity index (χ2n) is 8.82. The number of hydrogen-bond donors (Lipinski definition) is 2. The van der Waals surface area contributed by atoms with E-state index in [1.54, 1.807) is 12.1 Å². The van der Waals surface area contributed by atoms with Gasteiger partial charge in [-0.2, -0.15) is 0 Å². The summed E-state index contributed by atoms with van der Waals surface area (Å²) in [7, 11) is 0. The van der Waals surface area contributed by atoms with Crippen molar-refractivity contribution in [1.82, 2.24) is 4.90 Å². The molecule has 0 saturated carbocycles. The van der Waals surface area contributed by atoms with Gasteiger partial charge in [0.25, 0.3) is 0 Å². The number of nitrogens with zero attached hydrogens (tertiary/aromatic N) is 2. The number of carbonyl (C=O) groups is 1. The number of phenolic OH excluding ortho intramolecular Hbond substituents is 1. The summed E-state index contributed by atoms with van der Waals surface area (Å²) >= 11 is 0. The molecule has 1 aliphatic rings. The van der Waals surface area contributed by atoms with Crippen LogP contribution >= 0.6 is 0 Å². The van der Waals surface area contributed by atoms with Crippen LogP contribution in [-0.2, 0) is 6.42 Å². The molecule has 35 heavy (non-hydrogen) atoms. The molecule has 1 heterocycles. The fourth-order valence-electron chi connectivity index (χ4n) is 4.27. The second kappa shape index (κ2) is 11.8. The smallest absolute Gasteiger partial charge is 0.167 e. The number of anilines is 1. The van der Waals surface area contributed by atoms with Crippen LogP contribution < -0.4 is 9.64 Å². The van der Waals surface area contributed by atoms with Crippen LogP contribution in [0, 0.1) is 5.82 Å². The molecule has 3 aromatic carbocycles. The SMILES string of the molecule is O=C(CCc1ccccc1)c1cc(F)ccc1OCC(O)CN1CCN(c2ccc(O)cc2)CC1. The number of ketones is 1. The number of carbonyl (C=O) groups excluding carboxylic acids is 1. The van der Waals surface area contributed by atoms with Gasteiger partial charge in [-0.25, -0.2) is 4.39 Å². The maximum absolute atomic E-state index is 13.9. The number of benzene rings is 3. The largest absolute Gasteiger partial charge is 0.508 e. The number of hydrogen-bond acceptors (Lipinski definition) is 6. The molecule has 2 N–H and O–H groups in total. The third-order valence-corrected chi connectivity index (χ3v) is 6.21. The molecular weight excluding hydrogens is 447 g/mol. The summed E-state index contributed by atoms with van der Waals surface area (Å²) in [6.07, 6.45) is 0.0686. The number of β-amino-alcohol motifs (C(OH)–C–C–N with tert-alkyl or cyclic N) is 1. The van der Waals surface area contributed by atoms with E-state index in [0.29, 0.717) is 18.7 Å². The molecule has 1 atom stereocenters. The van der Waals surface area contributed by atoms with Crippen molar-refractivity contribution >= 4 is 11.5 Å². The van der Waals surface area contributed by atoms with Crippen LogP contribution in [0.2, 0.25) is 0 Å². The van der Waals surface area contributed by atoms with Crippen molar-refractivity contribution in [3.8, 4) is 11.5 Å². The van der Waals surface area contributed by atoms with Gasteiger partial charge in [0.2, 0.25) is 0 Å². The third-order valence-electron chi connectivity index (χ3n) is 6.21. The first-order valence-corrected chi connectivity index (χ1v) is 11.9. The van der Waals surface area contributed by atoms with Crippen LogP contribution in [0.1, 0.15) is 22.3 Å². The van der Waals surface area contributed by atoms with E-state index >= 15 is 0 Å². The molecule has 184 valence electrons. The Hall–Kier alpha value is -3.42. The normalized spacial score (nSPS) is 15.1. The highest BCUT2D eigenvalue weighted by Gasteiger charge is 2.21. The fraction of sp³-hybridized carbons (Fsp3) is 0.321. The van der Waals surface area contributed by atoms with E-state index in [2.05, 4.69) is 9.80 Å². The van der Waals surface area contributed by atoms with Gasteiger partial charge in [-0.3, -0.25) is 9.69 Å². The number of aliphatic hydroxyl groups is 1. The highest BCUT2D eigenvalue weighted by molar-refractivity contribution is 5.98. The van der Waals surface area contributed by atoms with Gasteiger partial charge in [0, 0.05) is 44.8 Å². The minimum Gasteiger partial charge on any atom is -0.508 e. The van der Waals surface area contributed by atoms with E-state index in [1.807, 2.05) is 42.5 Å². The van der Waals surface area contributed by atoms with Crippen molar-refractivity contribution in [3.05, 3.63) is 89.7 Å². The first-order valence-electron chi connectivity index (χ1n) is 11.9. The number of aromatic hydroxyl groups is 1. The molecule has 4 rings (SSSR count). The van der Waals surface area contributed by atoms with Crippen molar-refractivity contribution in [1.29, 1.82) is 0 Å². The van der Waals surface area contributed by atoms with Crippen molar-refractivity contribution in [2.24, 2.45) is 0 Å². The van der Waals surface area contributed by atoms with E-state index in [1.165, 1.54) is 18.2 Å². The molecule has 0 aliphatic carbocycles. The zero-order valence-corrected chi connectivity index (χ0v) is 19.6. The number of halogens is 1. The number of piperazine rings is 1. The van der Waals surface area contributed by atoms with Crippen LogP contribution in [0.25, 0.3) is 0 Å². The second-order valence-corrected chi connectivity index (χ2v) is 8.82. The lowest BCUT2D eigenvalue weighted by Gasteiger charge is -2.36. The van der Waals surface area contributed by atoms with Gasteiger partial charge in [-0.15, -0.1) is 0 Å². The number of phenols is 1. The number of aryl methyl sites for hydroxylation is 1. The molecule has 1 saturated heterocycles. The lowest BCUT2D eigenvalue weighted by molar-refractivity contribution is 0.0655. The first kappa shape index (κ1) is 24.7. The molecule has 6 nitrogen and oxygen atoms in total. The molecule has 1 aliphatic heterocycles. The lowest BCUT2D eigenvalue weighted by Crippen LogP contribution is -2.49. The fourth-order valence-corrected chi connectivity index (χ4v) is 4.27. The molecule has 0 amide bonds. The van der Waals surface area contributed by atoms with Crippen molar-refractivity contribution in [3.63, 3.8) is 0 Å². The Morgan fingerprint density at radius 2 is 1.69 bits per heavy atom. The van der Waals surface area contributed by atoms with Gasteiger partial charge in [0.1, 0.15) is 30.0 Å². The van der Waals surface area contributed by atoms with Crippen LogP contribution in [0.15, 0.2) is 72.8 Å². The molecule has 0 aromatic heterocycles. The molecule has 0 spiro atoms. The predicted molar refractivity (Wildman–Crippen MR) is 134 cm³/mol. The Bertz CT molecular complexity index is 1100. The highest BCUT2D eigenvalue weighted by Crippen LogP contribution is 2.23.